The standard InChI is InChI=1S/C23H17N3O5/c1-30-22-14-16(15-24)6-12-21(22)31-19-10-8-18(9-11-19)25-23(27)13-7-17-4-2-3-5-20(17)26(28)29/h2-14H,1H3,(H,25,27)/b13-7+. The van der Waals surface area contributed by atoms with Gasteiger partial charge in [0.15, 0.2) is 11.5 Å². The quantitative estimate of drug-likeness (QED) is 0.333. The number of nitro benzene ring substituents is 1. The van der Waals surface area contributed by atoms with Crippen LogP contribution in [0.4, 0.5) is 11.4 Å². The van der Waals surface area contributed by atoms with Crippen LogP contribution in [-0.4, -0.2) is 17.9 Å². The fourth-order valence-corrected chi connectivity index (χ4v) is 2.70. The van der Waals surface area contributed by atoms with E-state index >= 15 is 0 Å². The van der Waals surface area contributed by atoms with E-state index in [0.29, 0.717) is 34.1 Å². The van der Waals surface area contributed by atoms with Gasteiger partial charge in [0, 0.05) is 23.9 Å². The van der Waals surface area contributed by atoms with Crippen LogP contribution < -0.4 is 14.8 Å². The van der Waals surface area contributed by atoms with E-state index in [4.69, 9.17) is 14.7 Å². The number of hydrogen-bond donors (Lipinski definition) is 1. The first-order valence-electron chi connectivity index (χ1n) is 9.08. The smallest absolute Gasteiger partial charge is 0.276 e. The van der Waals surface area contributed by atoms with E-state index in [2.05, 4.69) is 5.32 Å². The molecule has 0 aromatic heterocycles. The molecule has 0 saturated carbocycles. The predicted octanol–water partition coefficient (Wildman–Crippen LogP) is 4.92. The zero-order valence-electron chi connectivity index (χ0n) is 16.4. The Morgan fingerprint density at radius 3 is 2.52 bits per heavy atom. The Hall–Kier alpha value is -4.64. The van der Waals surface area contributed by atoms with Gasteiger partial charge in [0.1, 0.15) is 5.75 Å². The summed E-state index contributed by atoms with van der Waals surface area (Å²) in [6, 6.07) is 19.7. The summed E-state index contributed by atoms with van der Waals surface area (Å²) in [5.41, 5.74) is 1.24. The highest BCUT2D eigenvalue weighted by atomic mass is 16.6. The maximum atomic E-state index is 12.1. The van der Waals surface area contributed by atoms with E-state index in [9.17, 15) is 14.9 Å². The number of anilines is 1. The van der Waals surface area contributed by atoms with Crippen molar-refractivity contribution in [3.05, 3.63) is 94.0 Å². The maximum absolute atomic E-state index is 12.1. The number of methoxy groups -OCH3 is 1. The van der Waals surface area contributed by atoms with E-state index in [0.717, 1.165) is 0 Å². The Kier molecular flexibility index (Phi) is 6.60. The summed E-state index contributed by atoms with van der Waals surface area (Å²) in [4.78, 5) is 22.7. The first-order chi connectivity index (χ1) is 15.0. The molecule has 0 heterocycles. The molecule has 0 radical (unpaired) electrons. The molecule has 0 spiro atoms. The zero-order valence-corrected chi connectivity index (χ0v) is 16.4. The van der Waals surface area contributed by atoms with Crippen molar-refractivity contribution >= 4 is 23.4 Å². The van der Waals surface area contributed by atoms with Gasteiger partial charge in [-0.1, -0.05) is 12.1 Å². The van der Waals surface area contributed by atoms with Crippen LogP contribution in [-0.2, 0) is 4.79 Å². The molecule has 154 valence electrons. The monoisotopic (exact) mass is 415 g/mol. The average Bonchev–Trinajstić information content (AvgIpc) is 2.79. The van der Waals surface area contributed by atoms with Crippen LogP contribution in [0.3, 0.4) is 0 Å². The van der Waals surface area contributed by atoms with Gasteiger partial charge in [-0.2, -0.15) is 5.26 Å². The van der Waals surface area contributed by atoms with Crippen LogP contribution in [0.1, 0.15) is 11.1 Å². The summed E-state index contributed by atoms with van der Waals surface area (Å²) in [6.45, 7) is 0. The van der Waals surface area contributed by atoms with Crippen LogP contribution in [0.2, 0.25) is 0 Å². The second-order valence-electron chi connectivity index (χ2n) is 6.24. The fourth-order valence-electron chi connectivity index (χ4n) is 2.70. The fraction of sp³-hybridized carbons (Fsp3) is 0.0435. The van der Waals surface area contributed by atoms with Crippen LogP contribution in [0.25, 0.3) is 6.08 Å². The number of nitrogens with zero attached hydrogens (tertiary/aromatic N) is 2. The van der Waals surface area contributed by atoms with E-state index < -0.39 is 10.8 Å². The van der Waals surface area contributed by atoms with Crippen molar-refractivity contribution in [3.63, 3.8) is 0 Å². The number of amides is 1. The van der Waals surface area contributed by atoms with Crippen LogP contribution >= 0.6 is 0 Å². The van der Waals surface area contributed by atoms with Gasteiger partial charge in [-0.3, -0.25) is 14.9 Å². The first kappa shape index (κ1) is 21.1. The number of hydrogen-bond acceptors (Lipinski definition) is 6. The lowest BCUT2D eigenvalue weighted by molar-refractivity contribution is -0.385. The molecular formula is C23H17N3O5. The van der Waals surface area contributed by atoms with Gasteiger partial charge >= 0.3 is 0 Å². The van der Waals surface area contributed by atoms with Gasteiger partial charge in [0.25, 0.3) is 5.69 Å². The number of benzene rings is 3. The Balaban J connectivity index is 1.65. The molecule has 0 saturated heterocycles. The molecule has 3 rings (SSSR count). The SMILES string of the molecule is COc1cc(C#N)ccc1Oc1ccc(NC(=O)/C=C/c2ccccc2[N+](=O)[O-])cc1. The van der Waals surface area contributed by atoms with Crippen molar-refractivity contribution in [2.45, 2.75) is 0 Å². The van der Waals surface area contributed by atoms with E-state index in [1.165, 1.54) is 25.3 Å². The molecule has 0 aliphatic heterocycles. The number of nitriles is 1. The molecule has 0 unspecified atom stereocenters. The van der Waals surface area contributed by atoms with Gasteiger partial charge in [-0.05, 0) is 48.5 Å². The summed E-state index contributed by atoms with van der Waals surface area (Å²) >= 11 is 0. The van der Waals surface area contributed by atoms with Crippen molar-refractivity contribution in [1.82, 2.24) is 0 Å². The molecule has 3 aromatic carbocycles. The Bertz CT molecular complexity index is 1180. The summed E-state index contributed by atoms with van der Waals surface area (Å²) in [6.07, 6.45) is 2.62. The van der Waals surface area contributed by atoms with Crippen LogP contribution in [0.15, 0.2) is 72.8 Å². The number of carbonyl (C=O) groups is 1. The lowest BCUT2D eigenvalue weighted by Gasteiger charge is -2.11. The average molecular weight is 415 g/mol. The third-order valence-corrected chi connectivity index (χ3v) is 4.19. The van der Waals surface area contributed by atoms with E-state index in [1.54, 1.807) is 60.7 Å². The minimum Gasteiger partial charge on any atom is -0.493 e. The second-order valence-corrected chi connectivity index (χ2v) is 6.24. The van der Waals surface area contributed by atoms with Crippen molar-refractivity contribution in [2.24, 2.45) is 0 Å². The minimum atomic E-state index is -0.501. The molecule has 0 bridgehead atoms. The number of nitro groups is 1. The minimum absolute atomic E-state index is 0.0775. The van der Waals surface area contributed by atoms with Crippen molar-refractivity contribution in [2.75, 3.05) is 12.4 Å². The molecule has 0 aliphatic rings. The molecule has 0 aliphatic carbocycles. The summed E-state index contributed by atoms with van der Waals surface area (Å²) in [5.74, 6) is 0.958. The molecule has 0 fully saturated rings. The molecule has 8 heteroatoms. The second kappa shape index (κ2) is 9.71. The normalized spacial score (nSPS) is 10.3. The molecule has 1 amide bonds. The van der Waals surface area contributed by atoms with Gasteiger partial charge in [0.05, 0.1) is 29.2 Å². The van der Waals surface area contributed by atoms with Crippen molar-refractivity contribution in [3.8, 4) is 23.3 Å². The topological polar surface area (TPSA) is 114 Å². The molecule has 1 N–H and O–H groups in total. The summed E-state index contributed by atoms with van der Waals surface area (Å²) in [7, 11) is 1.49. The molecule has 31 heavy (non-hydrogen) atoms. The van der Waals surface area contributed by atoms with Gasteiger partial charge in [-0.15, -0.1) is 0 Å². The largest absolute Gasteiger partial charge is 0.493 e. The van der Waals surface area contributed by atoms with E-state index in [1.807, 2.05) is 6.07 Å². The van der Waals surface area contributed by atoms with Gasteiger partial charge in [0.2, 0.25) is 5.91 Å². The number of nitrogens with one attached hydrogen (secondary N) is 1. The number of rotatable bonds is 7. The zero-order chi connectivity index (χ0) is 22.2. The summed E-state index contributed by atoms with van der Waals surface area (Å²) < 4.78 is 11.0. The van der Waals surface area contributed by atoms with Crippen molar-refractivity contribution in [1.29, 1.82) is 5.26 Å². The van der Waals surface area contributed by atoms with Gasteiger partial charge in [-0.25, -0.2) is 0 Å². The van der Waals surface area contributed by atoms with Crippen LogP contribution in [0.5, 0.6) is 17.2 Å². The third-order valence-electron chi connectivity index (χ3n) is 4.19. The lowest BCUT2D eigenvalue weighted by Crippen LogP contribution is -2.07. The van der Waals surface area contributed by atoms with E-state index in [-0.39, 0.29) is 5.69 Å². The number of para-hydroxylation sites is 1. The highest BCUT2D eigenvalue weighted by molar-refractivity contribution is 6.02. The number of carbonyl (C=O) groups excluding carboxylic acids is 1. The lowest BCUT2D eigenvalue weighted by atomic mass is 10.1. The molecule has 0 atom stereocenters. The molecular weight excluding hydrogens is 398 g/mol. The Morgan fingerprint density at radius 1 is 1.10 bits per heavy atom. The van der Waals surface area contributed by atoms with Gasteiger partial charge < -0.3 is 14.8 Å². The van der Waals surface area contributed by atoms with Crippen LogP contribution in [0, 0.1) is 21.4 Å². The molecule has 3 aromatic rings. The molecule has 8 nitrogen and oxygen atoms in total. The predicted molar refractivity (Wildman–Crippen MR) is 115 cm³/mol. The highest BCUT2D eigenvalue weighted by Gasteiger charge is 2.10. The first-order valence-corrected chi connectivity index (χ1v) is 9.08. The third kappa shape index (κ3) is 5.46. The summed E-state index contributed by atoms with van der Waals surface area (Å²) in [5, 5.41) is 22.7. The van der Waals surface area contributed by atoms with Crippen molar-refractivity contribution < 1.29 is 19.2 Å². The number of ether oxygens (including phenoxy) is 2. The maximum Gasteiger partial charge on any atom is 0.276 e. The Morgan fingerprint density at radius 2 is 1.84 bits per heavy atom. The highest BCUT2D eigenvalue weighted by Crippen LogP contribution is 2.32. The Labute approximate surface area is 178 Å².